The number of nitrogens with one attached hydrogen (secondary N) is 1. The van der Waals surface area contributed by atoms with Crippen LogP contribution in [-0.2, 0) is 30.0 Å². The van der Waals surface area contributed by atoms with Crippen LogP contribution in [0.3, 0.4) is 0 Å². The van der Waals surface area contributed by atoms with Crippen LogP contribution in [0.5, 0.6) is 5.75 Å². The fourth-order valence-electron chi connectivity index (χ4n) is 3.34. The zero-order chi connectivity index (χ0) is 25.3. The van der Waals surface area contributed by atoms with Crippen LogP contribution in [0, 0.1) is 0 Å². The van der Waals surface area contributed by atoms with Gasteiger partial charge in [0.05, 0.1) is 12.6 Å². The van der Waals surface area contributed by atoms with Crippen molar-refractivity contribution in [2.45, 2.75) is 44.6 Å². The fraction of sp³-hybridized carbons (Fsp3) is 0.417. The third kappa shape index (κ3) is 8.36. The molecule has 1 aliphatic rings. The number of amides is 1. The van der Waals surface area contributed by atoms with Crippen LogP contribution in [0.2, 0.25) is 0 Å². The van der Waals surface area contributed by atoms with Gasteiger partial charge in [0.1, 0.15) is 24.6 Å². The Kier molecular flexibility index (Phi) is 9.68. The Morgan fingerprint density at radius 2 is 1.83 bits per heavy atom. The van der Waals surface area contributed by atoms with Crippen LogP contribution in [-0.4, -0.2) is 60.5 Å². The van der Waals surface area contributed by atoms with Crippen LogP contribution in [0.15, 0.2) is 60.7 Å². The Balaban J connectivity index is 1.57. The number of aliphatic hydroxyl groups excluding tert-OH is 1. The highest BCUT2D eigenvalue weighted by atomic mass is 31.2. The number of hydrogen-bond donors (Lipinski definition) is 2. The molecular weight excluding hydrogens is 475 g/mol. The molecule has 0 aromatic heterocycles. The minimum atomic E-state index is -4.08. The Morgan fingerprint density at radius 1 is 1.17 bits per heavy atom. The van der Waals surface area contributed by atoms with Gasteiger partial charge in [-0.15, -0.1) is 0 Å². The highest BCUT2D eigenvalue weighted by Gasteiger charge is 2.37. The van der Waals surface area contributed by atoms with E-state index in [2.05, 4.69) is 5.09 Å². The molecule has 2 aromatic carbocycles. The third-order valence-electron chi connectivity index (χ3n) is 5.38. The second kappa shape index (κ2) is 12.7. The SMILES string of the molecule is CC(OC(=O)OCc1ccccc1)C(O)COP(=O)(NC1CCCN(C)C1=O)Oc1ccccc1. The minimum Gasteiger partial charge on any atom is -0.429 e. The van der Waals surface area contributed by atoms with Crippen LogP contribution < -0.4 is 9.61 Å². The molecule has 1 aliphatic heterocycles. The molecule has 2 N–H and O–H groups in total. The molecule has 0 bridgehead atoms. The normalized spacial score (nSPS) is 19.3. The van der Waals surface area contributed by atoms with Crippen LogP contribution >= 0.6 is 7.75 Å². The molecule has 10 nitrogen and oxygen atoms in total. The number of benzene rings is 2. The lowest BCUT2D eigenvalue weighted by molar-refractivity contribution is -0.134. The summed E-state index contributed by atoms with van der Waals surface area (Å²) in [4.78, 5) is 26.0. The van der Waals surface area contributed by atoms with Crippen molar-refractivity contribution in [1.29, 1.82) is 0 Å². The number of hydrogen-bond acceptors (Lipinski definition) is 8. The Bertz CT molecular complexity index is 1010. The maximum atomic E-state index is 13.5. The topological polar surface area (TPSA) is 124 Å². The molecule has 1 saturated heterocycles. The molecule has 0 radical (unpaired) electrons. The summed E-state index contributed by atoms with van der Waals surface area (Å²) in [5.41, 5.74) is 0.786. The second-order valence-corrected chi connectivity index (χ2v) is 9.89. The highest BCUT2D eigenvalue weighted by molar-refractivity contribution is 7.52. The molecule has 35 heavy (non-hydrogen) atoms. The summed E-state index contributed by atoms with van der Waals surface area (Å²) in [7, 11) is -2.42. The number of carbonyl (C=O) groups excluding carboxylic acids is 2. The number of nitrogens with zero attached hydrogens (tertiary/aromatic N) is 1. The van der Waals surface area contributed by atoms with Crippen molar-refractivity contribution >= 4 is 19.8 Å². The van der Waals surface area contributed by atoms with E-state index in [1.165, 1.54) is 6.92 Å². The molecule has 4 unspecified atom stereocenters. The maximum Gasteiger partial charge on any atom is 0.508 e. The van der Waals surface area contributed by atoms with E-state index in [0.717, 1.165) is 12.0 Å². The molecular formula is C24H31N2O8P. The number of likely N-dealkylation sites (N-methyl/N-ethyl adjacent to an activating group) is 1. The second-order valence-electron chi connectivity index (χ2n) is 8.20. The first kappa shape index (κ1) is 26.7. The smallest absolute Gasteiger partial charge is 0.429 e. The number of piperidine rings is 1. The van der Waals surface area contributed by atoms with Crippen molar-refractivity contribution < 1.29 is 37.8 Å². The van der Waals surface area contributed by atoms with Crippen molar-refractivity contribution in [3.8, 4) is 5.75 Å². The average Bonchev–Trinajstić information content (AvgIpc) is 2.85. The fourth-order valence-corrected chi connectivity index (χ4v) is 4.89. The van der Waals surface area contributed by atoms with Gasteiger partial charge in [-0.2, -0.15) is 5.09 Å². The molecule has 0 spiro atoms. The quantitative estimate of drug-likeness (QED) is 0.348. The van der Waals surface area contributed by atoms with Crippen LogP contribution in [0.4, 0.5) is 4.79 Å². The summed E-state index contributed by atoms with van der Waals surface area (Å²) < 4.78 is 34.8. The third-order valence-corrected chi connectivity index (χ3v) is 6.95. The van der Waals surface area contributed by atoms with E-state index in [1.807, 2.05) is 18.2 Å². The first-order valence-electron chi connectivity index (χ1n) is 11.3. The van der Waals surface area contributed by atoms with E-state index >= 15 is 0 Å². The largest absolute Gasteiger partial charge is 0.508 e. The summed E-state index contributed by atoms with van der Waals surface area (Å²) in [6.07, 6.45) is -2.13. The first-order valence-corrected chi connectivity index (χ1v) is 12.9. The number of para-hydroxylation sites is 1. The average molecular weight is 506 g/mol. The lowest BCUT2D eigenvalue weighted by Gasteiger charge is -2.32. The summed E-state index contributed by atoms with van der Waals surface area (Å²) >= 11 is 0. The Morgan fingerprint density at radius 3 is 2.51 bits per heavy atom. The van der Waals surface area contributed by atoms with E-state index in [0.29, 0.717) is 13.0 Å². The molecule has 4 atom stereocenters. The molecule has 1 fully saturated rings. The molecule has 11 heteroatoms. The zero-order valence-corrected chi connectivity index (χ0v) is 20.6. The van der Waals surface area contributed by atoms with Crippen molar-refractivity contribution in [3.05, 3.63) is 66.2 Å². The van der Waals surface area contributed by atoms with Gasteiger partial charge in [0.25, 0.3) is 0 Å². The zero-order valence-electron chi connectivity index (χ0n) is 19.7. The number of ether oxygens (including phenoxy) is 2. The minimum absolute atomic E-state index is 0.0207. The predicted molar refractivity (Wildman–Crippen MR) is 128 cm³/mol. The summed E-state index contributed by atoms with van der Waals surface area (Å²) in [5, 5.41) is 13.2. The van der Waals surface area contributed by atoms with Crippen molar-refractivity contribution in [2.24, 2.45) is 0 Å². The van der Waals surface area contributed by atoms with E-state index in [-0.39, 0.29) is 18.3 Å². The summed E-state index contributed by atoms with van der Waals surface area (Å²) in [6.45, 7) is 1.59. The summed E-state index contributed by atoms with van der Waals surface area (Å²) in [6, 6.07) is 16.7. The molecule has 0 saturated carbocycles. The molecule has 3 rings (SSSR count). The van der Waals surface area contributed by atoms with Crippen molar-refractivity contribution in [1.82, 2.24) is 9.99 Å². The van der Waals surface area contributed by atoms with Gasteiger partial charge < -0.3 is 24.0 Å². The maximum absolute atomic E-state index is 13.5. The number of carbonyl (C=O) groups is 2. The molecule has 0 aliphatic carbocycles. The van der Waals surface area contributed by atoms with Gasteiger partial charge in [-0.1, -0.05) is 48.5 Å². The molecule has 190 valence electrons. The van der Waals surface area contributed by atoms with Gasteiger partial charge in [-0.05, 0) is 37.5 Å². The van der Waals surface area contributed by atoms with Gasteiger partial charge in [-0.25, -0.2) is 9.36 Å². The van der Waals surface area contributed by atoms with Crippen LogP contribution in [0.25, 0.3) is 0 Å². The van der Waals surface area contributed by atoms with Gasteiger partial charge >= 0.3 is 13.9 Å². The Labute approximate surface area is 204 Å². The van der Waals surface area contributed by atoms with E-state index in [9.17, 15) is 19.3 Å². The van der Waals surface area contributed by atoms with Gasteiger partial charge in [0.15, 0.2) is 0 Å². The lowest BCUT2D eigenvalue weighted by Crippen LogP contribution is -2.48. The summed E-state index contributed by atoms with van der Waals surface area (Å²) in [5.74, 6) is 0.0402. The molecule has 1 heterocycles. The van der Waals surface area contributed by atoms with Gasteiger partial charge in [-0.3, -0.25) is 9.32 Å². The van der Waals surface area contributed by atoms with Crippen molar-refractivity contribution in [2.75, 3.05) is 20.2 Å². The monoisotopic (exact) mass is 506 g/mol. The van der Waals surface area contributed by atoms with E-state index in [4.69, 9.17) is 18.5 Å². The predicted octanol–water partition coefficient (Wildman–Crippen LogP) is 3.50. The van der Waals surface area contributed by atoms with E-state index in [1.54, 1.807) is 54.4 Å². The molecule has 1 amide bonds. The first-order chi connectivity index (χ1) is 16.8. The number of likely N-dealkylation sites (tertiary alicyclic amines) is 1. The van der Waals surface area contributed by atoms with Gasteiger partial charge in [0, 0.05) is 13.6 Å². The van der Waals surface area contributed by atoms with Crippen molar-refractivity contribution in [3.63, 3.8) is 0 Å². The number of aliphatic hydroxyl groups is 1. The van der Waals surface area contributed by atoms with Gasteiger partial charge in [0.2, 0.25) is 5.91 Å². The standard InChI is InChI=1S/C24H31N2O8P/c1-18(33-24(29)31-16-19-10-5-3-6-11-19)22(27)17-32-35(30,34-20-12-7-4-8-13-20)25-21-14-9-15-26(2)23(21)28/h3-8,10-13,18,21-22,27H,9,14-17H2,1-2H3,(H,25,30). The molecule has 2 aromatic rings. The number of rotatable bonds is 11. The Hall–Kier alpha value is -2.91. The van der Waals surface area contributed by atoms with E-state index < -0.39 is 38.8 Å². The lowest BCUT2D eigenvalue weighted by atomic mass is 10.1. The van der Waals surface area contributed by atoms with Crippen LogP contribution in [0.1, 0.15) is 25.3 Å². The highest BCUT2D eigenvalue weighted by Crippen LogP contribution is 2.45.